The van der Waals surface area contributed by atoms with Crippen LogP contribution in [0.2, 0.25) is 0 Å². The van der Waals surface area contributed by atoms with Gasteiger partial charge in [-0.3, -0.25) is 37.4 Å². The number of nitrogens with zero attached hydrogens (tertiary/aromatic N) is 10. The Labute approximate surface area is 550 Å². The van der Waals surface area contributed by atoms with Crippen LogP contribution in [0.4, 0.5) is 68.8 Å². The fourth-order valence-electron chi connectivity index (χ4n) is 7.25. The molecule has 0 atom stereocenters. The van der Waals surface area contributed by atoms with Gasteiger partial charge in [0.25, 0.3) is 66.4 Å². The van der Waals surface area contributed by atoms with Gasteiger partial charge < -0.3 is 21.1 Å². The minimum atomic E-state index is -5.09. The normalized spacial score (nSPS) is 12.5. The number of anilines is 5. The van der Waals surface area contributed by atoms with Crippen molar-refractivity contribution in [2.45, 2.75) is 64.3 Å². The first kappa shape index (κ1) is 77.3. The van der Waals surface area contributed by atoms with E-state index in [9.17, 15) is 87.9 Å². The standard InChI is InChI=1S/C47H53N13O21S9.O3S/c1-28-20-33(48)41(81-12-4-16-85(63,64)65)25-35(28)55-59-40-24-37(50-46-51-45(49-30-8-3-9-32(22-30)89(75,76)77)52-47(53-46)84-15-7-19-88(72,73)74)38(27-43(40)83-14-6-18-87(69,70)71)57-58-39-21-29(2)36(26-42(39)82-13-5-17-86(66,67)68)56-54-34-11-10-31(60(61)62)23-44(34)90(78,79)80;1-4(2)3/h3,8-11,20-27H,4-7,12-19,48H2,1-2H3,(H,63,64,65)(H,66,67,68)(H,69,70,71)(H,72,73,74)(H,75,76,77)(H,78,79,80)(H2,49,50,51,52,53);. The predicted octanol–water partition coefficient (Wildman–Crippen LogP) is 8.97. The molecule has 1 heterocycles. The molecule has 0 saturated carbocycles. The van der Waals surface area contributed by atoms with Crippen LogP contribution < -0.4 is 21.1 Å². The minimum Gasteiger partial charge on any atom is -0.491 e. The van der Waals surface area contributed by atoms with Crippen LogP contribution in [0.3, 0.4) is 0 Å². The summed E-state index contributed by atoms with van der Waals surface area (Å²) in [6.07, 6.45) is -0.414. The highest BCUT2D eigenvalue weighted by atomic mass is 32.2. The van der Waals surface area contributed by atoms with Crippen LogP contribution in [0.5, 0.6) is 5.75 Å². The average Bonchev–Trinajstić information content (AvgIpc) is 0.826. The summed E-state index contributed by atoms with van der Waals surface area (Å²) in [5, 5.41) is 43.4. The van der Waals surface area contributed by atoms with E-state index in [0.29, 0.717) is 11.6 Å². The number of thioether (sulfide) groups is 3. The molecular weight excluding hydrogens is 1450 g/mol. The highest BCUT2D eigenvalue weighted by Gasteiger charge is 2.22. The number of aryl methyl sites for hydroxylation is 2. The van der Waals surface area contributed by atoms with E-state index < -0.39 is 120 Å². The molecule has 0 spiro atoms. The van der Waals surface area contributed by atoms with Crippen molar-refractivity contribution < 1.29 is 100 Å². The van der Waals surface area contributed by atoms with Gasteiger partial charge in [-0.05, 0) is 117 Å². The lowest BCUT2D eigenvalue weighted by Gasteiger charge is -2.14. The highest BCUT2D eigenvalue weighted by Crippen LogP contribution is 2.44. The van der Waals surface area contributed by atoms with Gasteiger partial charge >= 0.3 is 10.6 Å². The van der Waals surface area contributed by atoms with Crippen LogP contribution in [0.15, 0.2) is 134 Å². The highest BCUT2D eigenvalue weighted by molar-refractivity contribution is 8.00. The Morgan fingerprint density at radius 3 is 1.54 bits per heavy atom. The summed E-state index contributed by atoms with van der Waals surface area (Å²) in [7, 11) is -30.5. The molecule has 0 unspecified atom stereocenters. The minimum absolute atomic E-state index is 0.00862. The number of nitrogens with two attached hydrogens (primary N) is 1. The van der Waals surface area contributed by atoms with Gasteiger partial charge in [0.2, 0.25) is 11.9 Å². The molecule has 0 aliphatic heterocycles. The summed E-state index contributed by atoms with van der Waals surface area (Å²) in [5.41, 5.74) is 6.14. The summed E-state index contributed by atoms with van der Waals surface area (Å²) >= 11 is 2.92. The molecule has 37 nitrogen and oxygen atoms in total. The quantitative estimate of drug-likeness (QED) is 0.00353. The number of nitro benzene ring substituents is 1. The topological polar surface area (TPSA) is 593 Å². The van der Waals surface area contributed by atoms with Crippen molar-refractivity contribution in [1.82, 2.24) is 15.0 Å². The number of hydrogen-bond acceptors (Lipinski definition) is 33. The zero-order valence-corrected chi connectivity index (χ0v) is 56.3. The van der Waals surface area contributed by atoms with Gasteiger partial charge in [0.15, 0.2) is 5.16 Å². The van der Waals surface area contributed by atoms with Crippen molar-refractivity contribution in [3.8, 4) is 5.75 Å². The number of hydrogen-bond donors (Lipinski definition) is 9. The van der Waals surface area contributed by atoms with Crippen LogP contribution in [-0.4, -0.2) is 157 Å². The van der Waals surface area contributed by atoms with E-state index in [1.807, 2.05) is 0 Å². The van der Waals surface area contributed by atoms with Crippen LogP contribution in [0, 0.1) is 24.0 Å². The number of azo groups is 3. The van der Waals surface area contributed by atoms with Crippen LogP contribution in [0.1, 0.15) is 36.8 Å². The molecular formula is C47H53N13O24S10. The molecule has 0 saturated heterocycles. The second kappa shape index (κ2) is 33.8. The third-order valence-electron chi connectivity index (χ3n) is 11.4. The third kappa shape index (κ3) is 27.5. The predicted molar refractivity (Wildman–Crippen MR) is 343 cm³/mol. The van der Waals surface area contributed by atoms with Crippen molar-refractivity contribution in [3.63, 3.8) is 0 Å². The first-order valence-electron chi connectivity index (χ1n) is 25.8. The molecule has 0 amide bonds. The smallest absolute Gasteiger partial charge is 0.425 e. The van der Waals surface area contributed by atoms with E-state index in [2.05, 4.69) is 56.3 Å². The Morgan fingerprint density at radius 2 is 1.01 bits per heavy atom. The van der Waals surface area contributed by atoms with Crippen molar-refractivity contribution in [1.29, 1.82) is 0 Å². The molecule has 47 heteroatoms. The number of non-ortho nitro benzene ring substituents is 1. The molecule has 0 fully saturated rings. The Kier molecular flexibility index (Phi) is 27.8. The van der Waals surface area contributed by atoms with Crippen molar-refractivity contribution in [2.75, 3.05) is 63.2 Å². The lowest BCUT2D eigenvalue weighted by Crippen LogP contribution is -2.09. The van der Waals surface area contributed by atoms with Crippen molar-refractivity contribution in [3.05, 3.63) is 100 Å². The van der Waals surface area contributed by atoms with Crippen LogP contribution in [-0.2, 0) is 71.3 Å². The van der Waals surface area contributed by atoms with Crippen molar-refractivity contribution >= 4 is 175 Å². The Hall–Kier alpha value is -7.36. The van der Waals surface area contributed by atoms with E-state index in [4.69, 9.17) is 23.1 Å². The molecule has 0 aliphatic carbocycles. The number of nitro groups is 1. The second-order valence-electron chi connectivity index (χ2n) is 18.8. The Morgan fingerprint density at radius 1 is 0.543 bits per heavy atom. The fraction of sp³-hybridized carbons (Fsp3) is 0.298. The number of nitrogen functional groups attached to an aromatic ring is 1. The Bertz CT molecular complexity index is 4740. The fourth-order valence-corrected chi connectivity index (χ4v) is 13.7. The summed E-state index contributed by atoms with van der Waals surface area (Å²) in [6, 6.07) is 15.9. The first-order valence-corrected chi connectivity index (χ1v) is 39.1. The maximum atomic E-state index is 12.3. The monoisotopic (exact) mass is 1500 g/mol. The van der Waals surface area contributed by atoms with E-state index in [-0.39, 0.29) is 133 Å². The number of ether oxygens (including phenoxy) is 1. The summed E-state index contributed by atoms with van der Waals surface area (Å²) < 4.78 is 230. The first-order chi connectivity index (χ1) is 43.6. The molecule has 0 bridgehead atoms. The molecule has 1 aromatic heterocycles. The largest absolute Gasteiger partial charge is 0.491 e. The lowest BCUT2D eigenvalue weighted by atomic mass is 10.1. The van der Waals surface area contributed by atoms with Gasteiger partial charge in [0, 0.05) is 39.4 Å². The summed E-state index contributed by atoms with van der Waals surface area (Å²) in [5.74, 6) is -3.00. The van der Waals surface area contributed by atoms with Gasteiger partial charge in [-0.1, -0.05) is 17.8 Å². The number of benzene rings is 5. The van der Waals surface area contributed by atoms with E-state index in [0.717, 1.165) is 59.6 Å². The Balaban J connectivity index is 0.00000388. The molecule has 5 aromatic carbocycles. The van der Waals surface area contributed by atoms with Gasteiger partial charge in [0.05, 0.1) is 67.9 Å². The average molecular weight is 1500 g/mol. The molecule has 10 N–H and O–H groups in total. The maximum Gasteiger partial charge on any atom is 0.425 e. The maximum absolute atomic E-state index is 12.3. The van der Waals surface area contributed by atoms with E-state index in [1.54, 1.807) is 6.92 Å². The SMILES string of the molecule is Cc1cc(N)c(OCCCS(=O)(=O)O)cc1N=Nc1cc(Nc2nc(Nc3cccc(S(=O)(=O)O)c3)nc(SCCCS(=O)(=O)O)n2)c(N=Nc2cc(C)c(N=Nc3ccc([N+](=O)[O-])cc3S(=O)(=O)O)cc2SCCCS(=O)(=O)O)cc1SCCCS(=O)(=O)O.O=S(=O)=O. The van der Waals surface area contributed by atoms with Gasteiger partial charge in [-0.15, -0.1) is 56.6 Å². The van der Waals surface area contributed by atoms with E-state index in [1.165, 1.54) is 55.5 Å². The summed E-state index contributed by atoms with van der Waals surface area (Å²) in [6.45, 7) is 2.97. The van der Waals surface area contributed by atoms with Gasteiger partial charge in [-0.25, -0.2) is 0 Å². The van der Waals surface area contributed by atoms with Crippen LogP contribution >= 0.6 is 35.3 Å². The molecule has 94 heavy (non-hydrogen) atoms. The van der Waals surface area contributed by atoms with Crippen LogP contribution in [0.25, 0.3) is 0 Å². The number of aromatic nitrogens is 3. The molecule has 6 aromatic rings. The number of rotatable bonds is 33. The zero-order valence-electron chi connectivity index (χ0n) is 48.2. The molecule has 510 valence electrons. The third-order valence-corrected chi connectivity index (χ3v) is 19.5. The second-order valence-corrected chi connectivity index (χ2v) is 31.6. The van der Waals surface area contributed by atoms with Gasteiger partial charge in [-0.2, -0.15) is 75.7 Å². The zero-order chi connectivity index (χ0) is 70.0. The molecule has 6 rings (SSSR count). The van der Waals surface area contributed by atoms with E-state index >= 15 is 0 Å². The lowest BCUT2D eigenvalue weighted by molar-refractivity contribution is -0.385. The molecule has 0 aliphatic rings. The van der Waals surface area contributed by atoms with Crippen molar-refractivity contribution in [2.24, 2.45) is 30.7 Å². The van der Waals surface area contributed by atoms with Gasteiger partial charge in [0.1, 0.15) is 27.7 Å². The number of nitrogens with one attached hydrogen (secondary N) is 2. The molecule has 0 radical (unpaired) electrons. The summed E-state index contributed by atoms with van der Waals surface area (Å²) in [4.78, 5) is 22.9.